The lowest BCUT2D eigenvalue weighted by Gasteiger charge is -1.75. The van der Waals surface area contributed by atoms with Crippen molar-refractivity contribution in [2.45, 2.75) is 0 Å². The van der Waals surface area contributed by atoms with Gasteiger partial charge in [-0.05, 0) is 12.1 Å². The van der Waals surface area contributed by atoms with Gasteiger partial charge >= 0.3 is 0 Å². The molecule has 0 bridgehead atoms. The molecule has 2 heteroatoms. The van der Waals surface area contributed by atoms with Crippen LogP contribution >= 0.6 is 0 Å². The molecule has 1 aromatic rings. The molecule has 0 atom stereocenters. The van der Waals surface area contributed by atoms with E-state index in [0.717, 1.165) is 11.8 Å². The van der Waals surface area contributed by atoms with Crippen molar-refractivity contribution in [1.29, 1.82) is 0 Å². The zero-order chi connectivity index (χ0) is 7.94. The van der Waals surface area contributed by atoms with Crippen LogP contribution in [0.5, 0.6) is 0 Å². The maximum absolute atomic E-state index is 9.83. The van der Waals surface area contributed by atoms with Gasteiger partial charge in [0, 0.05) is 5.56 Å². The first kappa shape index (κ1) is 7.54. The monoisotopic (exact) mass is 148 g/mol. The molecule has 56 valence electrons. The van der Waals surface area contributed by atoms with Crippen molar-refractivity contribution in [2.24, 2.45) is 0 Å². The van der Waals surface area contributed by atoms with Gasteiger partial charge in [0.05, 0.1) is 12.5 Å². The summed E-state index contributed by atoms with van der Waals surface area (Å²) in [6, 6.07) is 1.84. The molecule has 0 aromatic carbocycles. The fraction of sp³-hybridized carbons (Fsp3) is 0. The van der Waals surface area contributed by atoms with Crippen LogP contribution in [-0.4, -0.2) is 6.29 Å². The maximum Gasteiger partial charge on any atom is 0.142 e. The molecule has 1 aromatic heterocycles. The molecule has 0 saturated carbocycles. The molecular weight excluding hydrogens is 140 g/mol. The van der Waals surface area contributed by atoms with E-state index < -0.39 is 0 Å². The minimum Gasteiger partial charge on any atom is -0.472 e. The Kier molecular flexibility index (Phi) is 2.93. The van der Waals surface area contributed by atoms with E-state index in [1.807, 2.05) is 12.1 Å². The molecule has 11 heavy (non-hydrogen) atoms. The number of rotatable bonds is 3. The van der Waals surface area contributed by atoms with E-state index in [1.54, 1.807) is 24.7 Å². The Morgan fingerprint density at radius 3 is 2.82 bits per heavy atom. The van der Waals surface area contributed by atoms with Crippen LogP contribution in [0, 0.1) is 0 Å². The third-order valence-electron chi connectivity index (χ3n) is 1.13. The van der Waals surface area contributed by atoms with Crippen LogP contribution in [0.15, 0.2) is 41.2 Å². The first-order valence-corrected chi connectivity index (χ1v) is 3.24. The lowest BCUT2D eigenvalue weighted by molar-refractivity contribution is -0.104. The third-order valence-corrected chi connectivity index (χ3v) is 1.13. The Balaban J connectivity index is 2.49. The predicted molar refractivity (Wildman–Crippen MR) is 42.9 cm³/mol. The van der Waals surface area contributed by atoms with E-state index in [0.29, 0.717) is 0 Å². The van der Waals surface area contributed by atoms with Crippen LogP contribution in [0.1, 0.15) is 5.56 Å². The Morgan fingerprint density at radius 1 is 1.27 bits per heavy atom. The van der Waals surface area contributed by atoms with Gasteiger partial charge in [0.1, 0.15) is 6.29 Å². The number of aldehydes is 1. The molecule has 0 radical (unpaired) electrons. The van der Waals surface area contributed by atoms with Gasteiger partial charge in [0.2, 0.25) is 0 Å². The first-order valence-electron chi connectivity index (χ1n) is 3.24. The van der Waals surface area contributed by atoms with Crippen molar-refractivity contribution in [2.75, 3.05) is 0 Å². The molecular formula is C9H8O2. The average Bonchev–Trinajstić information content (AvgIpc) is 2.50. The van der Waals surface area contributed by atoms with Crippen LogP contribution in [0.2, 0.25) is 0 Å². The number of hydrogen-bond acceptors (Lipinski definition) is 2. The van der Waals surface area contributed by atoms with E-state index in [-0.39, 0.29) is 0 Å². The van der Waals surface area contributed by atoms with Crippen LogP contribution < -0.4 is 0 Å². The Labute approximate surface area is 64.8 Å². The van der Waals surface area contributed by atoms with E-state index in [1.165, 1.54) is 6.08 Å². The Hall–Kier alpha value is -1.57. The van der Waals surface area contributed by atoms with Crippen LogP contribution in [-0.2, 0) is 4.79 Å². The van der Waals surface area contributed by atoms with E-state index in [4.69, 9.17) is 4.42 Å². The highest BCUT2D eigenvalue weighted by molar-refractivity contribution is 5.66. The fourth-order valence-electron chi connectivity index (χ4n) is 0.646. The highest BCUT2D eigenvalue weighted by Gasteiger charge is 1.82. The summed E-state index contributed by atoms with van der Waals surface area (Å²) in [5.74, 6) is 0. The molecule has 0 aliphatic rings. The van der Waals surface area contributed by atoms with Crippen molar-refractivity contribution in [3.8, 4) is 0 Å². The number of furan rings is 1. The topological polar surface area (TPSA) is 30.2 Å². The molecule has 0 amide bonds. The SMILES string of the molecule is O=C/C=C/C=C/c1ccoc1. The van der Waals surface area contributed by atoms with Gasteiger partial charge in [-0.2, -0.15) is 0 Å². The average molecular weight is 148 g/mol. The van der Waals surface area contributed by atoms with E-state index >= 15 is 0 Å². The molecule has 0 spiro atoms. The van der Waals surface area contributed by atoms with E-state index in [9.17, 15) is 4.79 Å². The summed E-state index contributed by atoms with van der Waals surface area (Å²) in [6.45, 7) is 0. The quantitative estimate of drug-likeness (QED) is 0.373. The van der Waals surface area contributed by atoms with Gasteiger partial charge in [-0.15, -0.1) is 0 Å². The smallest absolute Gasteiger partial charge is 0.142 e. The molecule has 0 fully saturated rings. The standard InChI is InChI=1S/C9H8O2/c10-6-3-1-2-4-9-5-7-11-8-9/h1-8H/b3-1+,4-2+. The van der Waals surface area contributed by atoms with Gasteiger partial charge in [-0.1, -0.05) is 18.2 Å². The lowest BCUT2D eigenvalue weighted by Crippen LogP contribution is -1.59. The Morgan fingerprint density at radius 2 is 2.18 bits per heavy atom. The molecule has 0 N–H and O–H groups in total. The van der Waals surface area contributed by atoms with Gasteiger partial charge in [-0.3, -0.25) is 4.79 Å². The lowest BCUT2D eigenvalue weighted by atomic mass is 10.3. The Bertz CT molecular complexity index is 255. The van der Waals surface area contributed by atoms with Crippen LogP contribution in [0.25, 0.3) is 6.08 Å². The molecule has 1 heterocycles. The maximum atomic E-state index is 9.83. The predicted octanol–water partition coefficient (Wildman–Crippen LogP) is 2.05. The van der Waals surface area contributed by atoms with E-state index in [2.05, 4.69) is 0 Å². The second-order valence-electron chi connectivity index (χ2n) is 1.94. The highest BCUT2D eigenvalue weighted by atomic mass is 16.3. The second-order valence-corrected chi connectivity index (χ2v) is 1.94. The van der Waals surface area contributed by atoms with Crippen LogP contribution in [0.3, 0.4) is 0 Å². The van der Waals surface area contributed by atoms with Crippen molar-refractivity contribution < 1.29 is 9.21 Å². The summed E-state index contributed by atoms with van der Waals surface area (Å²) in [7, 11) is 0. The number of carbonyl (C=O) groups is 1. The largest absolute Gasteiger partial charge is 0.472 e. The summed E-state index contributed by atoms with van der Waals surface area (Å²) in [5, 5.41) is 0. The second kappa shape index (κ2) is 4.28. The van der Waals surface area contributed by atoms with Crippen LogP contribution in [0.4, 0.5) is 0 Å². The van der Waals surface area contributed by atoms with Crippen molar-refractivity contribution in [3.05, 3.63) is 42.4 Å². The van der Waals surface area contributed by atoms with Gasteiger partial charge < -0.3 is 4.42 Å². The molecule has 0 unspecified atom stereocenters. The van der Waals surface area contributed by atoms with Crippen molar-refractivity contribution in [1.82, 2.24) is 0 Å². The van der Waals surface area contributed by atoms with Crippen molar-refractivity contribution >= 4 is 12.4 Å². The molecule has 1 rings (SSSR count). The zero-order valence-corrected chi connectivity index (χ0v) is 5.94. The summed E-state index contributed by atoms with van der Waals surface area (Å²) in [4.78, 5) is 9.83. The molecule has 0 aliphatic carbocycles. The van der Waals surface area contributed by atoms with Crippen molar-refractivity contribution in [3.63, 3.8) is 0 Å². The number of carbonyl (C=O) groups excluding carboxylic acids is 1. The minimum absolute atomic E-state index is 0.736. The summed E-state index contributed by atoms with van der Waals surface area (Å²) in [5.41, 5.74) is 0.987. The highest BCUT2D eigenvalue weighted by Crippen LogP contribution is 2.01. The molecule has 2 nitrogen and oxygen atoms in total. The molecule has 0 saturated heterocycles. The minimum atomic E-state index is 0.736. The van der Waals surface area contributed by atoms with Gasteiger partial charge in [0.15, 0.2) is 0 Å². The first-order chi connectivity index (χ1) is 5.43. The zero-order valence-electron chi connectivity index (χ0n) is 5.94. The normalized spacial score (nSPS) is 11.3. The molecule has 0 aliphatic heterocycles. The number of hydrogen-bond donors (Lipinski definition) is 0. The summed E-state index contributed by atoms with van der Waals surface area (Å²) < 4.78 is 4.83. The third kappa shape index (κ3) is 2.67. The summed E-state index contributed by atoms with van der Waals surface area (Å²) >= 11 is 0. The van der Waals surface area contributed by atoms with Gasteiger partial charge in [0.25, 0.3) is 0 Å². The summed E-state index contributed by atoms with van der Waals surface area (Å²) in [6.07, 6.45) is 10.7. The number of allylic oxidation sites excluding steroid dienone is 3. The fourth-order valence-corrected chi connectivity index (χ4v) is 0.646. The van der Waals surface area contributed by atoms with Gasteiger partial charge in [-0.25, -0.2) is 0 Å².